The Kier molecular flexibility index (Phi) is 7.47. The molecule has 0 saturated carbocycles. The summed E-state index contributed by atoms with van der Waals surface area (Å²) in [5, 5.41) is 2.87. The van der Waals surface area contributed by atoms with Crippen molar-refractivity contribution in [2.45, 2.75) is 84.1 Å². The number of hydrogen-bond donors (Lipinski definition) is 1. The van der Waals surface area contributed by atoms with Crippen molar-refractivity contribution < 1.29 is 9.36 Å². The average molecular weight is 306 g/mol. The molecule has 1 aliphatic heterocycles. The van der Waals surface area contributed by atoms with Crippen LogP contribution in [0.5, 0.6) is 0 Å². The molecule has 1 aliphatic rings. The largest absolute Gasteiger partial charge is 0.413 e. The number of nitrogens with one attached hydrogen (secondary N) is 1. The number of rotatable bonds is 11. The fraction of sp³-hybridized carbons (Fsp3) is 0.778. The lowest BCUT2D eigenvalue weighted by Crippen LogP contribution is -2.36. The summed E-state index contributed by atoms with van der Waals surface area (Å²) in [6, 6.07) is 0.0167. The van der Waals surface area contributed by atoms with E-state index in [9.17, 15) is 4.79 Å². The fourth-order valence-corrected chi connectivity index (χ4v) is 3.16. The molecule has 22 heavy (non-hydrogen) atoms. The molecule has 4 heteroatoms. The zero-order chi connectivity index (χ0) is 15.6. The number of unbranched alkanes of at least 4 members (excludes halogenated alkanes) is 9. The Morgan fingerprint density at radius 3 is 2.32 bits per heavy atom. The second-order valence-corrected chi connectivity index (χ2v) is 6.51. The van der Waals surface area contributed by atoms with Crippen LogP contribution in [0.25, 0.3) is 0 Å². The summed E-state index contributed by atoms with van der Waals surface area (Å²) >= 11 is 0. The van der Waals surface area contributed by atoms with Gasteiger partial charge in [0.25, 0.3) is 6.33 Å². The molecule has 0 bridgehead atoms. The molecule has 1 aromatic rings. The standard InChI is InChI=1S/C18H31N3O/c1-2-3-4-5-6-7-8-9-10-11-14-20-15-17-12-13-19-18(22)21(17)16-20/h15-16H,2-14H2,1H3/p+1. The molecule has 1 aromatic heterocycles. The van der Waals surface area contributed by atoms with E-state index in [1.165, 1.54) is 64.2 Å². The van der Waals surface area contributed by atoms with Crippen LogP contribution < -0.4 is 9.88 Å². The Hall–Kier alpha value is -1.32. The molecular weight excluding hydrogens is 274 g/mol. The topological polar surface area (TPSA) is 37.9 Å². The maximum atomic E-state index is 11.7. The van der Waals surface area contributed by atoms with E-state index >= 15 is 0 Å². The summed E-state index contributed by atoms with van der Waals surface area (Å²) in [4.78, 5) is 11.7. The molecule has 4 nitrogen and oxygen atoms in total. The summed E-state index contributed by atoms with van der Waals surface area (Å²) in [6.45, 7) is 4.07. The van der Waals surface area contributed by atoms with Crippen molar-refractivity contribution >= 4 is 6.03 Å². The van der Waals surface area contributed by atoms with E-state index in [-0.39, 0.29) is 6.03 Å². The number of hydrogen-bond acceptors (Lipinski definition) is 1. The number of nitrogens with zero attached hydrogens (tertiary/aromatic N) is 2. The maximum absolute atomic E-state index is 11.7. The monoisotopic (exact) mass is 306 g/mol. The highest BCUT2D eigenvalue weighted by atomic mass is 16.2. The van der Waals surface area contributed by atoms with E-state index in [2.05, 4.69) is 23.0 Å². The van der Waals surface area contributed by atoms with E-state index in [0.29, 0.717) is 0 Å². The van der Waals surface area contributed by atoms with E-state index < -0.39 is 0 Å². The number of imidazole rings is 1. The van der Waals surface area contributed by atoms with Crippen molar-refractivity contribution in [2.75, 3.05) is 6.54 Å². The van der Waals surface area contributed by atoms with Gasteiger partial charge in [-0.2, -0.15) is 0 Å². The maximum Gasteiger partial charge on any atom is 0.413 e. The average Bonchev–Trinajstić information content (AvgIpc) is 2.94. The number of carbonyl (C=O) groups excluding carboxylic acids is 1. The highest BCUT2D eigenvalue weighted by Crippen LogP contribution is 2.10. The molecule has 0 fully saturated rings. The van der Waals surface area contributed by atoms with Crippen LogP contribution in [0.1, 0.15) is 76.8 Å². The van der Waals surface area contributed by atoms with Crippen LogP contribution in [-0.4, -0.2) is 17.1 Å². The SMILES string of the molecule is CCCCCCCCCCCC[n+]1cc2n(c1)C(=O)NCC2. The molecule has 0 spiro atoms. The number of aromatic nitrogens is 2. The third-order valence-electron chi connectivity index (χ3n) is 4.53. The summed E-state index contributed by atoms with van der Waals surface area (Å²) in [5.41, 5.74) is 1.14. The summed E-state index contributed by atoms with van der Waals surface area (Å²) < 4.78 is 3.92. The second kappa shape index (κ2) is 9.65. The Balaban J connectivity index is 1.51. The lowest BCUT2D eigenvalue weighted by atomic mass is 10.1. The zero-order valence-electron chi connectivity index (χ0n) is 14.1. The van der Waals surface area contributed by atoms with Crippen LogP contribution in [-0.2, 0) is 13.0 Å². The van der Waals surface area contributed by atoms with Crippen LogP contribution in [0.2, 0.25) is 0 Å². The van der Waals surface area contributed by atoms with E-state index in [1.807, 2.05) is 6.33 Å². The summed E-state index contributed by atoms with van der Waals surface area (Å²) in [6.07, 6.45) is 18.6. The van der Waals surface area contributed by atoms with Crippen LogP contribution in [0, 0.1) is 0 Å². The minimum absolute atomic E-state index is 0.0167. The Bertz CT molecular complexity index is 453. The lowest BCUT2D eigenvalue weighted by molar-refractivity contribution is -0.696. The lowest BCUT2D eigenvalue weighted by Gasteiger charge is -2.07. The van der Waals surface area contributed by atoms with Crippen molar-refractivity contribution in [1.82, 2.24) is 9.88 Å². The first-order chi connectivity index (χ1) is 10.8. The highest BCUT2D eigenvalue weighted by molar-refractivity contribution is 5.77. The smallest absolute Gasteiger partial charge is 0.317 e. The van der Waals surface area contributed by atoms with E-state index in [0.717, 1.165) is 25.2 Å². The van der Waals surface area contributed by atoms with Crippen molar-refractivity contribution in [3.05, 3.63) is 18.2 Å². The Morgan fingerprint density at radius 2 is 1.68 bits per heavy atom. The van der Waals surface area contributed by atoms with Gasteiger partial charge in [-0.15, -0.1) is 4.57 Å². The number of aryl methyl sites for hydroxylation is 1. The molecule has 2 rings (SSSR count). The van der Waals surface area contributed by atoms with Gasteiger partial charge < -0.3 is 5.32 Å². The van der Waals surface area contributed by atoms with Gasteiger partial charge in [0.2, 0.25) is 0 Å². The Morgan fingerprint density at radius 1 is 1.05 bits per heavy atom. The van der Waals surface area contributed by atoms with Crippen molar-refractivity contribution in [1.29, 1.82) is 0 Å². The number of carbonyl (C=O) groups is 1. The molecule has 0 aliphatic carbocycles. The first kappa shape index (κ1) is 17.0. The van der Waals surface area contributed by atoms with Gasteiger partial charge in [-0.3, -0.25) is 0 Å². The Labute approximate surface area is 134 Å². The van der Waals surface area contributed by atoms with E-state index in [4.69, 9.17) is 0 Å². The van der Waals surface area contributed by atoms with Crippen LogP contribution in [0.4, 0.5) is 4.79 Å². The van der Waals surface area contributed by atoms with Crippen LogP contribution in [0.15, 0.2) is 12.5 Å². The summed E-state index contributed by atoms with van der Waals surface area (Å²) in [7, 11) is 0. The molecular formula is C18H32N3O+. The molecule has 0 radical (unpaired) electrons. The third-order valence-corrected chi connectivity index (χ3v) is 4.53. The van der Waals surface area contributed by atoms with Gasteiger partial charge >= 0.3 is 6.03 Å². The first-order valence-corrected chi connectivity index (χ1v) is 9.20. The summed E-state index contributed by atoms with van der Waals surface area (Å²) in [5.74, 6) is 0. The van der Waals surface area contributed by atoms with Crippen LogP contribution >= 0.6 is 0 Å². The molecule has 0 atom stereocenters. The minimum Gasteiger partial charge on any atom is -0.317 e. The molecule has 0 aromatic carbocycles. The molecule has 1 amide bonds. The normalized spacial score (nSPS) is 14.0. The van der Waals surface area contributed by atoms with Gasteiger partial charge in [0.1, 0.15) is 6.20 Å². The predicted molar refractivity (Wildman–Crippen MR) is 89.0 cm³/mol. The number of fused-ring (bicyclic) bond motifs is 1. The van der Waals surface area contributed by atoms with Crippen LogP contribution in [0.3, 0.4) is 0 Å². The van der Waals surface area contributed by atoms with Gasteiger partial charge in [0, 0.05) is 13.0 Å². The molecule has 0 saturated heterocycles. The third kappa shape index (κ3) is 5.47. The minimum atomic E-state index is 0.0167. The number of amides is 1. The van der Waals surface area contributed by atoms with Gasteiger partial charge in [-0.25, -0.2) is 9.36 Å². The van der Waals surface area contributed by atoms with Crippen molar-refractivity contribution in [2.24, 2.45) is 0 Å². The van der Waals surface area contributed by atoms with Crippen molar-refractivity contribution in [3.63, 3.8) is 0 Å². The zero-order valence-corrected chi connectivity index (χ0v) is 14.1. The van der Waals surface area contributed by atoms with E-state index in [1.54, 1.807) is 4.57 Å². The quantitative estimate of drug-likeness (QED) is 0.490. The van der Waals surface area contributed by atoms with Gasteiger partial charge in [-0.05, 0) is 12.8 Å². The fourth-order valence-electron chi connectivity index (χ4n) is 3.16. The van der Waals surface area contributed by atoms with Crippen molar-refractivity contribution in [3.8, 4) is 0 Å². The second-order valence-electron chi connectivity index (χ2n) is 6.51. The predicted octanol–water partition coefficient (Wildman–Crippen LogP) is 3.81. The first-order valence-electron chi connectivity index (χ1n) is 9.20. The van der Waals surface area contributed by atoms with Gasteiger partial charge in [0.15, 0.2) is 5.69 Å². The molecule has 124 valence electrons. The molecule has 2 heterocycles. The van der Waals surface area contributed by atoms with Gasteiger partial charge in [0.05, 0.1) is 6.54 Å². The highest BCUT2D eigenvalue weighted by Gasteiger charge is 2.23. The van der Waals surface area contributed by atoms with Gasteiger partial charge in [-0.1, -0.05) is 58.3 Å². The molecule has 1 N–H and O–H groups in total. The molecule has 0 unspecified atom stereocenters.